The standard InChI is InChI=1S/C11H12F6O6S/c1-4-21-8(18)7-6(23-24(19,20)11(15,16)17)5(2)9(3,22-7)10(12,13)14/h5H,4H2,1-3H3/t5?,9-/m0/s1. The van der Waals surface area contributed by atoms with Crippen LogP contribution in [-0.4, -0.2) is 38.3 Å². The fraction of sp³-hybridized carbons (Fsp3) is 0.727. The Bertz CT molecular complexity index is 649. The van der Waals surface area contributed by atoms with E-state index in [1.807, 2.05) is 0 Å². The molecule has 1 aliphatic rings. The monoisotopic (exact) mass is 386 g/mol. The third-order valence-electron chi connectivity index (χ3n) is 3.26. The van der Waals surface area contributed by atoms with Gasteiger partial charge >= 0.3 is 27.8 Å². The summed E-state index contributed by atoms with van der Waals surface area (Å²) in [5, 5.41) is 0. The molecule has 0 aromatic carbocycles. The zero-order chi connectivity index (χ0) is 19.1. The summed E-state index contributed by atoms with van der Waals surface area (Å²) in [7, 11) is -6.30. The molecule has 0 saturated carbocycles. The number of esters is 1. The summed E-state index contributed by atoms with van der Waals surface area (Å²) in [6.45, 7) is 2.07. The Morgan fingerprint density at radius 3 is 2.12 bits per heavy atom. The Kier molecular flexibility index (Phi) is 5.10. The number of halogens is 6. The summed E-state index contributed by atoms with van der Waals surface area (Å²) in [6.07, 6.45) is -5.14. The predicted octanol–water partition coefficient (Wildman–Crippen LogP) is 2.61. The van der Waals surface area contributed by atoms with Crippen LogP contribution in [0.5, 0.6) is 0 Å². The first kappa shape index (κ1) is 20.4. The van der Waals surface area contributed by atoms with Crippen LogP contribution in [0, 0.1) is 5.92 Å². The Balaban J connectivity index is 3.42. The van der Waals surface area contributed by atoms with Crippen molar-refractivity contribution in [2.75, 3.05) is 6.61 Å². The number of carbonyl (C=O) groups is 1. The lowest BCUT2D eigenvalue weighted by Crippen LogP contribution is -2.47. The van der Waals surface area contributed by atoms with Crippen LogP contribution in [0.2, 0.25) is 0 Å². The second kappa shape index (κ2) is 6.01. The van der Waals surface area contributed by atoms with Crippen molar-refractivity contribution in [1.29, 1.82) is 0 Å². The van der Waals surface area contributed by atoms with E-state index >= 15 is 0 Å². The van der Waals surface area contributed by atoms with Crippen LogP contribution in [-0.2, 0) is 28.6 Å². The minimum atomic E-state index is -6.30. The summed E-state index contributed by atoms with van der Waals surface area (Å²) in [5.41, 5.74) is -9.08. The maximum atomic E-state index is 13.1. The average molecular weight is 386 g/mol. The van der Waals surface area contributed by atoms with Crippen molar-refractivity contribution >= 4 is 16.1 Å². The van der Waals surface area contributed by atoms with E-state index in [-0.39, 0.29) is 6.61 Å². The molecule has 0 aromatic rings. The van der Waals surface area contributed by atoms with Gasteiger partial charge in [0.2, 0.25) is 11.4 Å². The largest absolute Gasteiger partial charge is 0.534 e. The van der Waals surface area contributed by atoms with Crippen molar-refractivity contribution in [3.05, 3.63) is 11.5 Å². The van der Waals surface area contributed by atoms with Crippen LogP contribution in [0.15, 0.2) is 11.5 Å². The van der Waals surface area contributed by atoms with Gasteiger partial charge in [-0.2, -0.15) is 34.8 Å². The summed E-state index contributed by atoms with van der Waals surface area (Å²) in [4.78, 5) is 11.6. The van der Waals surface area contributed by atoms with Crippen LogP contribution in [0.25, 0.3) is 0 Å². The first-order chi connectivity index (χ1) is 10.6. The third-order valence-corrected chi connectivity index (χ3v) is 4.23. The number of hydrogen-bond acceptors (Lipinski definition) is 6. The quantitative estimate of drug-likeness (QED) is 0.320. The molecule has 0 aliphatic carbocycles. The van der Waals surface area contributed by atoms with Crippen molar-refractivity contribution in [2.45, 2.75) is 38.1 Å². The van der Waals surface area contributed by atoms with Gasteiger partial charge in [-0.25, -0.2) is 4.79 Å². The first-order valence-corrected chi connectivity index (χ1v) is 7.67. The minimum absolute atomic E-state index is 0.345. The molecule has 0 N–H and O–H groups in total. The molecule has 1 rings (SSSR count). The Morgan fingerprint density at radius 1 is 1.25 bits per heavy atom. The van der Waals surface area contributed by atoms with Gasteiger partial charge in [-0.1, -0.05) is 6.92 Å². The van der Waals surface area contributed by atoms with Crippen LogP contribution < -0.4 is 0 Å². The van der Waals surface area contributed by atoms with E-state index < -0.39 is 50.8 Å². The van der Waals surface area contributed by atoms with Crippen molar-refractivity contribution in [2.24, 2.45) is 5.92 Å². The molecule has 2 atom stereocenters. The van der Waals surface area contributed by atoms with E-state index in [4.69, 9.17) is 0 Å². The highest BCUT2D eigenvalue weighted by atomic mass is 32.2. The number of ether oxygens (including phenoxy) is 2. The Hall–Kier alpha value is -1.66. The molecule has 140 valence electrons. The SMILES string of the molecule is CCOC(=O)C1=C(OS(=O)(=O)C(F)(F)F)C(C)[C@@](C)(C(F)(F)F)O1. The summed E-state index contributed by atoms with van der Waals surface area (Å²) in [6, 6.07) is 0. The van der Waals surface area contributed by atoms with E-state index in [1.165, 1.54) is 6.92 Å². The number of alkyl halides is 6. The summed E-state index contributed by atoms with van der Waals surface area (Å²) in [5.74, 6) is -6.44. The van der Waals surface area contributed by atoms with Gasteiger partial charge in [0.25, 0.3) is 0 Å². The second-order valence-electron chi connectivity index (χ2n) is 4.83. The van der Waals surface area contributed by atoms with Gasteiger partial charge in [0.05, 0.1) is 12.5 Å². The maximum absolute atomic E-state index is 13.1. The molecule has 1 unspecified atom stereocenters. The molecule has 0 bridgehead atoms. The van der Waals surface area contributed by atoms with Gasteiger partial charge in [0.15, 0.2) is 5.76 Å². The fourth-order valence-electron chi connectivity index (χ4n) is 1.72. The highest BCUT2D eigenvalue weighted by Crippen LogP contribution is 2.50. The highest BCUT2D eigenvalue weighted by molar-refractivity contribution is 7.87. The fourth-order valence-corrected chi connectivity index (χ4v) is 2.27. The van der Waals surface area contributed by atoms with Crippen LogP contribution >= 0.6 is 0 Å². The van der Waals surface area contributed by atoms with Crippen LogP contribution in [0.1, 0.15) is 20.8 Å². The van der Waals surface area contributed by atoms with Gasteiger partial charge in [-0.05, 0) is 13.8 Å². The van der Waals surface area contributed by atoms with Crippen LogP contribution in [0.4, 0.5) is 26.3 Å². The molecule has 1 heterocycles. The molecule has 24 heavy (non-hydrogen) atoms. The highest BCUT2D eigenvalue weighted by Gasteiger charge is 2.65. The lowest BCUT2D eigenvalue weighted by Gasteiger charge is -2.31. The smallest absolute Gasteiger partial charge is 0.467 e. The second-order valence-corrected chi connectivity index (χ2v) is 6.36. The predicted molar refractivity (Wildman–Crippen MR) is 64.4 cm³/mol. The lowest BCUT2D eigenvalue weighted by molar-refractivity contribution is -0.263. The van der Waals surface area contributed by atoms with Crippen molar-refractivity contribution in [1.82, 2.24) is 0 Å². The molecule has 0 radical (unpaired) electrons. The molecule has 6 nitrogen and oxygen atoms in total. The summed E-state index contributed by atoms with van der Waals surface area (Å²) < 4.78 is 111. The molecular formula is C11H12F6O6S. The van der Waals surface area contributed by atoms with Crippen molar-refractivity contribution in [3.63, 3.8) is 0 Å². The summed E-state index contributed by atoms with van der Waals surface area (Å²) >= 11 is 0. The Morgan fingerprint density at radius 2 is 1.75 bits per heavy atom. The molecular weight excluding hydrogens is 374 g/mol. The van der Waals surface area contributed by atoms with Gasteiger partial charge < -0.3 is 13.7 Å². The van der Waals surface area contributed by atoms with Crippen molar-refractivity contribution in [3.8, 4) is 0 Å². The van der Waals surface area contributed by atoms with Gasteiger partial charge in [-0.15, -0.1) is 0 Å². The number of hydrogen-bond donors (Lipinski definition) is 0. The molecule has 1 aliphatic heterocycles. The Labute approximate surface area is 132 Å². The number of carbonyl (C=O) groups excluding carboxylic acids is 1. The minimum Gasteiger partial charge on any atom is -0.467 e. The zero-order valence-electron chi connectivity index (χ0n) is 12.4. The van der Waals surface area contributed by atoms with E-state index in [1.54, 1.807) is 0 Å². The van der Waals surface area contributed by atoms with Crippen LogP contribution in [0.3, 0.4) is 0 Å². The molecule has 0 spiro atoms. The molecule has 0 amide bonds. The molecule has 13 heteroatoms. The van der Waals surface area contributed by atoms with E-state index in [2.05, 4.69) is 13.7 Å². The van der Waals surface area contributed by atoms with Gasteiger partial charge in [0.1, 0.15) is 0 Å². The molecule has 0 aromatic heterocycles. The maximum Gasteiger partial charge on any atom is 0.534 e. The average Bonchev–Trinajstić information content (AvgIpc) is 2.63. The molecule has 0 fully saturated rings. The normalized spacial score (nSPS) is 25.5. The van der Waals surface area contributed by atoms with E-state index in [9.17, 15) is 39.6 Å². The van der Waals surface area contributed by atoms with Gasteiger partial charge in [-0.3, -0.25) is 0 Å². The van der Waals surface area contributed by atoms with Gasteiger partial charge in [0, 0.05) is 0 Å². The number of rotatable bonds is 4. The zero-order valence-corrected chi connectivity index (χ0v) is 13.2. The third kappa shape index (κ3) is 3.39. The lowest BCUT2D eigenvalue weighted by atomic mass is 9.90. The molecule has 0 saturated heterocycles. The van der Waals surface area contributed by atoms with Crippen molar-refractivity contribution < 1.29 is 53.2 Å². The van der Waals surface area contributed by atoms with E-state index in [0.29, 0.717) is 13.8 Å². The first-order valence-electron chi connectivity index (χ1n) is 6.26. The topological polar surface area (TPSA) is 78.9 Å². The van der Waals surface area contributed by atoms with E-state index in [0.717, 1.165) is 0 Å².